The number of esters is 2. The Hall–Kier alpha value is -4.15. The molecule has 5 rings (SSSR count). The first-order valence-electron chi connectivity index (χ1n) is 17.7. The van der Waals surface area contributed by atoms with Gasteiger partial charge in [-0.1, -0.05) is 44.2 Å². The zero-order valence-corrected chi connectivity index (χ0v) is 31.2. The van der Waals surface area contributed by atoms with E-state index in [9.17, 15) is 19.2 Å². The highest BCUT2D eigenvalue weighted by molar-refractivity contribution is 5.92. The second-order valence-electron chi connectivity index (χ2n) is 16.8. The molecular weight excluding hydrogens is 638 g/mol. The van der Waals surface area contributed by atoms with E-state index < -0.39 is 46.5 Å². The largest absolute Gasteiger partial charge is 0.457 e. The van der Waals surface area contributed by atoms with Gasteiger partial charge in [0.1, 0.15) is 23.1 Å². The molecule has 3 fully saturated rings. The van der Waals surface area contributed by atoms with Gasteiger partial charge in [0.25, 0.3) is 0 Å². The number of likely N-dealkylation sites (tertiary alicyclic amines) is 1. The number of aromatic nitrogens is 1. The van der Waals surface area contributed by atoms with E-state index >= 15 is 0 Å². The van der Waals surface area contributed by atoms with Gasteiger partial charge in [-0.15, -0.1) is 0 Å². The Labute approximate surface area is 296 Å². The van der Waals surface area contributed by atoms with Crippen molar-refractivity contribution in [3.63, 3.8) is 0 Å². The van der Waals surface area contributed by atoms with Crippen LogP contribution in [0.5, 0.6) is 0 Å². The molecule has 50 heavy (non-hydrogen) atoms. The predicted molar refractivity (Wildman–Crippen MR) is 187 cm³/mol. The van der Waals surface area contributed by atoms with Crippen LogP contribution in [-0.4, -0.2) is 70.0 Å². The zero-order chi connectivity index (χ0) is 36.8. The molecule has 2 bridgehead atoms. The SMILES string of the molecule is Cc1cc(C[C@@H]2CN(C(=O)OC(C)(C)C)C[C@@H]2OC(=O)C23CCC(C)(C(=O)O2)C3C(C)C)nc(N(Cc2ccccc2)C(=O)OC(C)(C)C)c1. The average molecular weight is 692 g/mol. The number of amides is 2. The summed E-state index contributed by atoms with van der Waals surface area (Å²) in [7, 11) is 0. The third kappa shape index (κ3) is 7.76. The summed E-state index contributed by atoms with van der Waals surface area (Å²) in [6.45, 7) is 19.3. The third-order valence-corrected chi connectivity index (χ3v) is 9.80. The van der Waals surface area contributed by atoms with Crippen molar-refractivity contribution in [1.29, 1.82) is 0 Å². The molecule has 2 amide bonds. The van der Waals surface area contributed by atoms with Crippen LogP contribution in [0.15, 0.2) is 42.5 Å². The standard InChI is InChI=1S/C39H53N3O8/c1-24(2)31-38(10)16-17-39(31,48-32(38)43)33(44)47-29-23-41(34(45)49-36(4,5)6)22-27(29)20-28-18-25(3)19-30(40-28)42(35(46)50-37(7,8)9)21-26-14-12-11-13-15-26/h11-15,18-19,24,27,29,31H,16-17,20-23H2,1-10H3/t27-,29+,31?,38?,39?/m1/s1. The number of hydrogen-bond donors (Lipinski definition) is 0. The molecule has 0 radical (unpaired) electrons. The molecule has 0 spiro atoms. The Balaban J connectivity index is 1.44. The first-order chi connectivity index (χ1) is 23.2. The smallest absolute Gasteiger partial charge is 0.416 e. The van der Waals surface area contributed by atoms with Crippen molar-refractivity contribution >= 4 is 29.9 Å². The van der Waals surface area contributed by atoms with Crippen LogP contribution >= 0.6 is 0 Å². The number of carbonyl (C=O) groups is 4. The number of ether oxygens (including phenoxy) is 4. The van der Waals surface area contributed by atoms with Gasteiger partial charge < -0.3 is 23.8 Å². The minimum absolute atomic E-state index is 0.0119. The lowest BCUT2D eigenvalue weighted by atomic mass is 9.72. The van der Waals surface area contributed by atoms with E-state index in [0.717, 1.165) is 11.1 Å². The Kier molecular flexibility index (Phi) is 10.0. The van der Waals surface area contributed by atoms with Crippen molar-refractivity contribution in [3.8, 4) is 0 Å². The molecule has 3 unspecified atom stereocenters. The lowest BCUT2D eigenvalue weighted by Crippen LogP contribution is -2.48. The molecule has 3 heterocycles. The van der Waals surface area contributed by atoms with Crippen molar-refractivity contribution < 1.29 is 38.1 Å². The monoisotopic (exact) mass is 691 g/mol. The van der Waals surface area contributed by atoms with Crippen molar-refractivity contribution in [2.75, 3.05) is 18.0 Å². The van der Waals surface area contributed by atoms with Gasteiger partial charge in [-0.3, -0.25) is 9.69 Å². The molecule has 11 nitrogen and oxygen atoms in total. The number of rotatable bonds is 8. The number of anilines is 1. The molecule has 1 aromatic carbocycles. The fourth-order valence-corrected chi connectivity index (χ4v) is 7.88. The molecule has 272 valence electrons. The minimum Gasteiger partial charge on any atom is -0.457 e. The molecule has 0 N–H and O–H groups in total. The Morgan fingerprint density at radius 3 is 2.26 bits per heavy atom. The van der Waals surface area contributed by atoms with Crippen molar-refractivity contribution in [3.05, 3.63) is 59.3 Å². The number of pyridine rings is 1. The lowest BCUT2D eigenvalue weighted by Gasteiger charge is -2.32. The number of nitrogens with zero attached hydrogens (tertiary/aromatic N) is 3. The Morgan fingerprint density at radius 2 is 1.66 bits per heavy atom. The second kappa shape index (κ2) is 13.5. The van der Waals surface area contributed by atoms with Gasteiger partial charge in [0.05, 0.1) is 18.5 Å². The predicted octanol–water partition coefficient (Wildman–Crippen LogP) is 7.02. The highest BCUT2D eigenvalue weighted by atomic mass is 16.6. The summed E-state index contributed by atoms with van der Waals surface area (Å²) in [5, 5.41) is 0. The van der Waals surface area contributed by atoms with Crippen LogP contribution in [0.1, 0.15) is 92.0 Å². The van der Waals surface area contributed by atoms with Gasteiger partial charge in [-0.05, 0) is 104 Å². The average Bonchev–Trinajstić information content (AvgIpc) is 3.60. The Morgan fingerprint density at radius 1 is 1.00 bits per heavy atom. The zero-order valence-electron chi connectivity index (χ0n) is 31.2. The van der Waals surface area contributed by atoms with Gasteiger partial charge in [-0.25, -0.2) is 19.4 Å². The summed E-state index contributed by atoms with van der Waals surface area (Å²) in [5.74, 6) is -1.16. The van der Waals surface area contributed by atoms with Crippen molar-refractivity contribution in [2.45, 2.75) is 118 Å². The molecule has 3 aliphatic rings. The highest BCUT2D eigenvalue weighted by Gasteiger charge is 2.72. The summed E-state index contributed by atoms with van der Waals surface area (Å²) < 4.78 is 23.6. The van der Waals surface area contributed by atoms with E-state index in [-0.39, 0.29) is 43.4 Å². The van der Waals surface area contributed by atoms with Gasteiger partial charge in [-0.2, -0.15) is 0 Å². The summed E-state index contributed by atoms with van der Waals surface area (Å²) in [4.78, 5) is 62.0. The van der Waals surface area contributed by atoms with Crippen LogP contribution in [0.3, 0.4) is 0 Å². The maximum Gasteiger partial charge on any atom is 0.416 e. The van der Waals surface area contributed by atoms with E-state index in [1.54, 1.807) is 25.7 Å². The fraction of sp³-hybridized carbons (Fsp3) is 0.615. The third-order valence-electron chi connectivity index (χ3n) is 9.80. The second-order valence-corrected chi connectivity index (χ2v) is 16.8. The van der Waals surface area contributed by atoms with Crippen molar-refractivity contribution in [2.24, 2.45) is 23.2 Å². The number of hydrogen-bond acceptors (Lipinski definition) is 9. The molecule has 5 atom stereocenters. The summed E-state index contributed by atoms with van der Waals surface area (Å²) in [6.07, 6.45) is -0.443. The van der Waals surface area contributed by atoms with Gasteiger partial charge in [0, 0.05) is 24.1 Å². The topological polar surface area (TPSA) is 125 Å². The highest BCUT2D eigenvalue weighted by Crippen LogP contribution is 2.61. The molecule has 2 aromatic rings. The number of aryl methyl sites for hydroxylation is 1. The van der Waals surface area contributed by atoms with E-state index in [0.29, 0.717) is 30.8 Å². The first-order valence-corrected chi connectivity index (χ1v) is 17.7. The van der Waals surface area contributed by atoms with E-state index in [2.05, 4.69) is 0 Å². The van der Waals surface area contributed by atoms with Crippen LogP contribution in [0, 0.1) is 30.1 Å². The summed E-state index contributed by atoms with van der Waals surface area (Å²) >= 11 is 0. The molecule has 11 heteroatoms. The quantitative estimate of drug-likeness (QED) is 0.212. The van der Waals surface area contributed by atoms with Gasteiger partial charge >= 0.3 is 24.1 Å². The van der Waals surface area contributed by atoms with Gasteiger partial charge in [0.2, 0.25) is 5.60 Å². The van der Waals surface area contributed by atoms with Gasteiger partial charge in [0.15, 0.2) is 0 Å². The number of carbonyl (C=O) groups excluding carboxylic acids is 4. The molecule has 2 saturated heterocycles. The molecule has 1 aliphatic carbocycles. The van der Waals surface area contributed by atoms with E-state index in [1.165, 1.54) is 4.90 Å². The maximum atomic E-state index is 14.1. The van der Waals surface area contributed by atoms with Crippen LogP contribution in [-0.2, 0) is 41.5 Å². The normalized spacial score (nSPS) is 26.2. The van der Waals surface area contributed by atoms with Crippen LogP contribution in [0.4, 0.5) is 15.4 Å². The molecule has 1 saturated carbocycles. The lowest BCUT2D eigenvalue weighted by molar-refractivity contribution is -0.186. The van der Waals surface area contributed by atoms with Crippen LogP contribution in [0.25, 0.3) is 0 Å². The first kappa shape index (κ1) is 37.1. The maximum absolute atomic E-state index is 14.1. The summed E-state index contributed by atoms with van der Waals surface area (Å²) in [6, 6.07) is 13.4. The van der Waals surface area contributed by atoms with E-state index in [1.807, 2.05) is 90.9 Å². The number of benzene rings is 1. The van der Waals surface area contributed by atoms with Crippen LogP contribution < -0.4 is 4.90 Å². The Bertz CT molecular complexity index is 1610. The fourth-order valence-electron chi connectivity index (χ4n) is 7.88. The summed E-state index contributed by atoms with van der Waals surface area (Å²) in [5.41, 5.74) is -1.08. The molecule has 1 aromatic heterocycles. The van der Waals surface area contributed by atoms with Crippen molar-refractivity contribution in [1.82, 2.24) is 9.88 Å². The minimum atomic E-state index is -1.36. The van der Waals surface area contributed by atoms with Crippen LogP contribution in [0.2, 0.25) is 0 Å². The van der Waals surface area contributed by atoms with E-state index in [4.69, 9.17) is 23.9 Å². The number of fused-ring (bicyclic) bond motifs is 2. The molecule has 2 aliphatic heterocycles. The molecular formula is C39H53N3O8.